The van der Waals surface area contributed by atoms with Gasteiger partial charge in [0.1, 0.15) is 0 Å². The van der Waals surface area contributed by atoms with Gasteiger partial charge in [0.25, 0.3) is 0 Å². The summed E-state index contributed by atoms with van der Waals surface area (Å²) in [5.41, 5.74) is 0. The Morgan fingerprint density at radius 3 is 2.60 bits per heavy atom. The van der Waals surface area contributed by atoms with Crippen molar-refractivity contribution in [2.75, 3.05) is 39.9 Å². The lowest BCUT2D eigenvalue weighted by atomic mass is 9.76. The number of rotatable bonds is 10. The summed E-state index contributed by atoms with van der Waals surface area (Å²) in [7, 11) is 1.80. The standard InChI is InChI=1S/C17H36N2O/c1-5-10-18-17-9-8-15(6-2)13-16(17)14-19(7-3)11-12-20-4/h15-18H,5-14H2,1-4H3. The van der Waals surface area contributed by atoms with Gasteiger partial charge in [0.05, 0.1) is 6.61 Å². The highest BCUT2D eigenvalue weighted by atomic mass is 16.5. The average Bonchev–Trinajstić information content (AvgIpc) is 2.49. The van der Waals surface area contributed by atoms with Crippen molar-refractivity contribution in [3.63, 3.8) is 0 Å². The van der Waals surface area contributed by atoms with Gasteiger partial charge in [-0.1, -0.05) is 27.2 Å². The first-order valence-corrected chi connectivity index (χ1v) is 8.69. The fourth-order valence-electron chi connectivity index (χ4n) is 3.46. The molecule has 1 aliphatic carbocycles. The van der Waals surface area contributed by atoms with Crippen LogP contribution in [0.4, 0.5) is 0 Å². The van der Waals surface area contributed by atoms with E-state index in [-0.39, 0.29) is 0 Å². The number of methoxy groups -OCH3 is 1. The topological polar surface area (TPSA) is 24.5 Å². The van der Waals surface area contributed by atoms with Crippen LogP contribution in [0.25, 0.3) is 0 Å². The third-order valence-corrected chi connectivity index (χ3v) is 4.88. The number of ether oxygens (including phenoxy) is 1. The van der Waals surface area contributed by atoms with Gasteiger partial charge in [-0.3, -0.25) is 0 Å². The van der Waals surface area contributed by atoms with Crippen molar-refractivity contribution in [1.29, 1.82) is 0 Å². The predicted octanol–water partition coefficient (Wildman–Crippen LogP) is 3.15. The van der Waals surface area contributed by atoms with E-state index in [1.165, 1.54) is 45.2 Å². The molecule has 0 aromatic carbocycles. The highest BCUT2D eigenvalue weighted by Gasteiger charge is 2.30. The zero-order chi connectivity index (χ0) is 14.8. The van der Waals surface area contributed by atoms with Crippen LogP contribution >= 0.6 is 0 Å². The molecule has 0 spiro atoms. The lowest BCUT2D eigenvalue weighted by Gasteiger charge is -2.39. The predicted molar refractivity (Wildman–Crippen MR) is 87.2 cm³/mol. The summed E-state index contributed by atoms with van der Waals surface area (Å²) < 4.78 is 5.24. The second kappa shape index (κ2) is 10.6. The summed E-state index contributed by atoms with van der Waals surface area (Å²) in [6, 6.07) is 0.731. The van der Waals surface area contributed by atoms with Gasteiger partial charge in [-0.15, -0.1) is 0 Å². The maximum atomic E-state index is 5.24. The molecule has 0 bridgehead atoms. The van der Waals surface area contributed by atoms with Crippen LogP contribution in [-0.4, -0.2) is 50.8 Å². The molecule has 1 aliphatic rings. The fraction of sp³-hybridized carbons (Fsp3) is 1.00. The summed E-state index contributed by atoms with van der Waals surface area (Å²) >= 11 is 0. The van der Waals surface area contributed by atoms with Crippen molar-refractivity contribution in [3.8, 4) is 0 Å². The van der Waals surface area contributed by atoms with Crippen molar-refractivity contribution in [2.45, 2.75) is 58.9 Å². The van der Waals surface area contributed by atoms with E-state index < -0.39 is 0 Å². The van der Waals surface area contributed by atoms with Gasteiger partial charge in [0, 0.05) is 26.2 Å². The molecule has 3 atom stereocenters. The molecule has 3 nitrogen and oxygen atoms in total. The summed E-state index contributed by atoms with van der Waals surface area (Å²) in [5.74, 6) is 1.76. The zero-order valence-electron chi connectivity index (χ0n) is 14.2. The van der Waals surface area contributed by atoms with Crippen LogP contribution in [0, 0.1) is 11.8 Å². The van der Waals surface area contributed by atoms with Crippen LogP contribution < -0.4 is 5.32 Å². The molecule has 1 saturated carbocycles. The molecule has 3 unspecified atom stereocenters. The highest BCUT2D eigenvalue weighted by molar-refractivity contribution is 4.86. The molecule has 1 N–H and O–H groups in total. The van der Waals surface area contributed by atoms with Gasteiger partial charge in [-0.25, -0.2) is 0 Å². The average molecular weight is 284 g/mol. The molecule has 20 heavy (non-hydrogen) atoms. The molecule has 0 aliphatic heterocycles. The molecular weight excluding hydrogens is 248 g/mol. The van der Waals surface area contributed by atoms with Crippen molar-refractivity contribution >= 4 is 0 Å². The summed E-state index contributed by atoms with van der Waals surface area (Å²) in [6.45, 7) is 12.3. The first-order valence-electron chi connectivity index (χ1n) is 8.69. The molecule has 3 heteroatoms. The van der Waals surface area contributed by atoms with E-state index in [0.29, 0.717) is 0 Å². The Hall–Kier alpha value is -0.120. The van der Waals surface area contributed by atoms with Crippen LogP contribution in [-0.2, 0) is 4.74 Å². The summed E-state index contributed by atoms with van der Waals surface area (Å²) in [5, 5.41) is 3.79. The molecule has 0 saturated heterocycles. The first-order chi connectivity index (χ1) is 9.74. The van der Waals surface area contributed by atoms with E-state index in [2.05, 4.69) is 31.0 Å². The normalized spacial score (nSPS) is 27.1. The molecule has 0 heterocycles. The zero-order valence-corrected chi connectivity index (χ0v) is 14.2. The molecule has 120 valence electrons. The number of nitrogens with zero attached hydrogens (tertiary/aromatic N) is 1. The molecule has 1 rings (SSSR count). The number of hydrogen-bond donors (Lipinski definition) is 1. The molecule has 0 aromatic heterocycles. The van der Waals surface area contributed by atoms with Crippen molar-refractivity contribution < 1.29 is 4.74 Å². The minimum atomic E-state index is 0.731. The van der Waals surface area contributed by atoms with Crippen molar-refractivity contribution in [1.82, 2.24) is 10.2 Å². The largest absolute Gasteiger partial charge is 0.383 e. The van der Waals surface area contributed by atoms with E-state index in [9.17, 15) is 0 Å². The quantitative estimate of drug-likeness (QED) is 0.667. The van der Waals surface area contributed by atoms with E-state index in [1.807, 2.05) is 0 Å². The second-order valence-electron chi connectivity index (χ2n) is 6.29. The van der Waals surface area contributed by atoms with Gasteiger partial charge in [-0.2, -0.15) is 0 Å². The Bertz CT molecular complexity index is 235. The third kappa shape index (κ3) is 6.11. The Kier molecular flexibility index (Phi) is 9.49. The molecule has 0 amide bonds. The van der Waals surface area contributed by atoms with Gasteiger partial charge in [0.15, 0.2) is 0 Å². The van der Waals surface area contributed by atoms with Crippen molar-refractivity contribution in [3.05, 3.63) is 0 Å². The summed E-state index contributed by atoms with van der Waals surface area (Å²) in [4.78, 5) is 2.56. The molecule has 0 aromatic rings. The van der Waals surface area contributed by atoms with Crippen LogP contribution in [0.3, 0.4) is 0 Å². The second-order valence-corrected chi connectivity index (χ2v) is 6.29. The smallest absolute Gasteiger partial charge is 0.0589 e. The first kappa shape index (κ1) is 17.9. The van der Waals surface area contributed by atoms with E-state index >= 15 is 0 Å². The van der Waals surface area contributed by atoms with Gasteiger partial charge >= 0.3 is 0 Å². The highest BCUT2D eigenvalue weighted by Crippen LogP contribution is 2.32. The fourth-order valence-corrected chi connectivity index (χ4v) is 3.46. The molecule has 1 fully saturated rings. The van der Waals surface area contributed by atoms with Gasteiger partial charge in [-0.05, 0) is 50.6 Å². The Balaban J connectivity index is 2.52. The lowest BCUT2D eigenvalue weighted by Crippen LogP contribution is -2.46. The maximum Gasteiger partial charge on any atom is 0.0589 e. The van der Waals surface area contributed by atoms with Crippen LogP contribution in [0.1, 0.15) is 52.9 Å². The Morgan fingerprint density at radius 1 is 1.20 bits per heavy atom. The van der Waals surface area contributed by atoms with Crippen LogP contribution in [0.5, 0.6) is 0 Å². The van der Waals surface area contributed by atoms with Gasteiger partial charge in [0.2, 0.25) is 0 Å². The number of hydrogen-bond acceptors (Lipinski definition) is 3. The maximum absolute atomic E-state index is 5.24. The molecular formula is C17H36N2O. The van der Waals surface area contributed by atoms with Gasteiger partial charge < -0.3 is 15.0 Å². The summed E-state index contributed by atoms with van der Waals surface area (Å²) in [6.07, 6.45) is 6.77. The SMILES string of the molecule is CCCNC1CCC(CC)CC1CN(CC)CCOC. The van der Waals surface area contributed by atoms with Crippen molar-refractivity contribution in [2.24, 2.45) is 11.8 Å². The van der Waals surface area contributed by atoms with Crippen LogP contribution in [0.2, 0.25) is 0 Å². The minimum Gasteiger partial charge on any atom is -0.383 e. The van der Waals surface area contributed by atoms with E-state index in [4.69, 9.17) is 4.74 Å². The number of likely N-dealkylation sites (N-methyl/N-ethyl adjacent to an activating group) is 1. The third-order valence-electron chi connectivity index (χ3n) is 4.88. The lowest BCUT2D eigenvalue weighted by molar-refractivity contribution is 0.109. The minimum absolute atomic E-state index is 0.731. The van der Waals surface area contributed by atoms with E-state index in [0.717, 1.165) is 37.6 Å². The van der Waals surface area contributed by atoms with Crippen LogP contribution in [0.15, 0.2) is 0 Å². The number of nitrogens with one attached hydrogen (secondary N) is 1. The molecule has 0 radical (unpaired) electrons. The Labute approximate surface area is 126 Å². The Morgan fingerprint density at radius 2 is 2.00 bits per heavy atom. The van der Waals surface area contributed by atoms with E-state index in [1.54, 1.807) is 7.11 Å². The monoisotopic (exact) mass is 284 g/mol.